The van der Waals surface area contributed by atoms with E-state index in [2.05, 4.69) is 19.6 Å². The zero-order chi connectivity index (χ0) is 13.1. The van der Waals surface area contributed by atoms with Crippen molar-refractivity contribution in [3.63, 3.8) is 0 Å². The maximum atomic E-state index is 11.6. The van der Waals surface area contributed by atoms with E-state index in [1.807, 2.05) is 6.92 Å². The van der Waals surface area contributed by atoms with Crippen LogP contribution in [0.2, 0.25) is 0 Å². The molecule has 1 saturated heterocycles. The average molecular weight is 248 g/mol. The molecule has 0 bridgehead atoms. The number of rotatable bonds is 0. The molecule has 0 aromatic rings. The molecule has 0 radical (unpaired) electrons. The van der Waals surface area contributed by atoms with Crippen LogP contribution in [-0.4, -0.2) is 22.8 Å². The summed E-state index contributed by atoms with van der Waals surface area (Å²) in [4.78, 5) is 11.6. The number of aliphatic hydroxyl groups is 1. The van der Waals surface area contributed by atoms with Crippen molar-refractivity contribution in [3.8, 4) is 0 Å². The Hall–Kier alpha value is -1.09. The molecule has 3 heteroatoms. The summed E-state index contributed by atoms with van der Waals surface area (Å²) in [6.45, 7) is 8.00. The number of fused-ring (bicyclic) bond motifs is 2. The molecular formula is C15H20O3. The van der Waals surface area contributed by atoms with Gasteiger partial charge in [-0.3, -0.25) is 0 Å². The van der Waals surface area contributed by atoms with Gasteiger partial charge in [0.1, 0.15) is 6.10 Å². The summed E-state index contributed by atoms with van der Waals surface area (Å²) in [6, 6.07) is 0. The van der Waals surface area contributed by atoms with E-state index < -0.39 is 5.60 Å². The van der Waals surface area contributed by atoms with Gasteiger partial charge in [-0.25, -0.2) is 4.79 Å². The van der Waals surface area contributed by atoms with E-state index in [-0.39, 0.29) is 23.9 Å². The SMILES string of the molecule is C=C1C(=O)O[C@@H]2C[C@H](C)[C@@H]3CC=C(C)[C@]3(O)C[C@H]12. The third-order valence-corrected chi connectivity index (χ3v) is 5.21. The highest BCUT2D eigenvalue weighted by Crippen LogP contribution is 2.51. The smallest absolute Gasteiger partial charge is 0.334 e. The summed E-state index contributed by atoms with van der Waals surface area (Å²) in [5, 5.41) is 11.0. The third-order valence-electron chi connectivity index (χ3n) is 5.21. The second-order valence-electron chi connectivity index (χ2n) is 6.15. The van der Waals surface area contributed by atoms with Crippen molar-refractivity contribution in [2.75, 3.05) is 0 Å². The van der Waals surface area contributed by atoms with Gasteiger partial charge in [-0.1, -0.05) is 19.6 Å². The Labute approximate surface area is 108 Å². The van der Waals surface area contributed by atoms with Crippen molar-refractivity contribution in [2.24, 2.45) is 17.8 Å². The summed E-state index contributed by atoms with van der Waals surface area (Å²) >= 11 is 0. The minimum absolute atomic E-state index is 0.0172. The molecule has 3 nitrogen and oxygen atoms in total. The van der Waals surface area contributed by atoms with Gasteiger partial charge >= 0.3 is 5.97 Å². The summed E-state index contributed by atoms with van der Waals surface area (Å²) in [6.07, 6.45) is 4.41. The molecule has 1 N–H and O–H groups in total. The lowest BCUT2D eigenvalue weighted by Crippen LogP contribution is -2.39. The van der Waals surface area contributed by atoms with Crippen molar-refractivity contribution in [2.45, 2.75) is 44.8 Å². The molecule has 0 unspecified atom stereocenters. The molecule has 0 aromatic carbocycles. The van der Waals surface area contributed by atoms with Crippen LogP contribution < -0.4 is 0 Å². The van der Waals surface area contributed by atoms with Gasteiger partial charge in [-0.2, -0.15) is 0 Å². The molecule has 1 aliphatic heterocycles. The monoisotopic (exact) mass is 248 g/mol. The highest BCUT2D eigenvalue weighted by molar-refractivity contribution is 5.90. The standard InChI is InChI=1S/C15H20O3/c1-8-6-13-11(10(3)14(16)18-13)7-15(17)9(2)4-5-12(8)15/h4,8,11-13,17H,3,5-7H2,1-2H3/t8-,11+,12-,13+,15+/m0/s1. The van der Waals surface area contributed by atoms with Crippen LogP contribution >= 0.6 is 0 Å². The molecule has 2 aliphatic carbocycles. The molecule has 18 heavy (non-hydrogen) atoms. The number of hydrogen-bond donors (Lipinski definition) is 1. The van der Waals surface area contributed by atoms with Gasteiger partial charge in [0.2, 0.25) is 0 Å². The quantitative estimate of drug-likeness (QED) is 0.406. The van der Waals surface area contributed by atoms with E-state index in [9.17, 15) is 9.90 Å². The van der Waals surface area contributed by atoms with Crippen LogP contribution in [0.5, 0.6) is 0 Å². The van der Waals surface area contributed by atoms with Crippen molar-refractivity contribution in [1.29, 1.82) is 0 Å². The Bertz CT molecular complexity index is 451. The van der Waals surface area contributed by atoms with Gasteiger partial charge < -0.3 is 9.84 Å². The van der Waals surface area contributed by atoms with E-state index in [0.717, 1.165) is 18.4 Å². The highest BCUT2D eigenvalue weighted by Gasteiger charge is 2.53. The molecule has 98 valence electrons. The van der Waals surface area contributed by atoms with E-state index >= 15 is 0 Å². The summed E-state index contributed by atoms with van der Waals surface area (Å²) < 4.78 is 5.40. The molecule has 2 fully saturated rings. The lowest BCUT2D eigenvalue weighted by Gasteiger charge is -2.34. The summed E-state index contributed by atoms with van der Waals surface area (Å²) in [7, 11) is 0. The lowest BCUT2D eigenvalue weighted by atomic mass is 9.76. The number of carbonyl (C=O) groups is 1. The number of carbonyl (C=O) groups excluding carboxylic acids is 1. The Morgan fingerprint density at radius 2 is 2.28 bits per heavy atom. The van der Waals surface area contributed by atoms with Crippen LogP contribution in [0.4, 0.5) is 0 Å². The maximum Gasteiger partial charge on any atom is 0.334 e. The van der Waals surface area contributed by atoms with Gasteiger partial charge in [0.15, 0.2) is 0 Å². The van der Waals surface area contributed by atoms with Crippen molar-refractivity contribution in [1.82, 2.24) is 0 Å². The Kier molecular flexibility index (Phi) is 2.46. The molecule has 1 saturated carbocycles. The Balaban J connectivity index is 1.98. The first-order chi connectivity index (χ1) is 8.43. The lowest BCUT2D eigenvalue weighted by molar-refractivity contribution is -0.139. The van der Waals surface area contributed by atoms with Crippen LogP contribution in [0.3, 0.4) is 0 Å². The zero-order valence-electron chi connectivity index (χ0n) is 11.0. The molecular weight excluding hydrogens is 228 g/mol. The molecule has 3 aliphatic rings. The summed E-state index contributed by atoms with van der Waals surface area (Å²) in [5.41, 5.74) is 0.823. The van der Waals surface area contributed by atoms with E-state index in [0.29, 0.717) is 17.9 Å². The van der Waals surface area contributed by atoms with Crippen LogP contribution in [-0.2, 0) is 9.53 Å². The van der Waals surface area contributed by atoms with Gasteiger partial charge in [0.25, 0.3) is 0 Å². The minimum Gasteiger partial charge on any atom is -0.458 e. The van der Waals surface area contributed by atoms with Crippen molar-refractivity contribution in [3.05, 3.63) is 23.8 Å². The predicted molar refractivity (Wildman–Crippen MR) is 67.7 cm³/mol. The van der Waals surface area contributed by atoms with Crippen LogP contribution in [0.25, 0.3) is 0 Å². The Morgan fingerprint density at radius 1 is 1.56 bits per heavy atom. The fraction of sp³-hybridized carbons (Fsp3) is 0.667. The first-order valence-electron chi connectivity index (χ1n) is 6.73. The van der Waals surface area contributed by atoms with Crippen molar-refractivity contribution >= 4 is 5.97 Å². The van der Waals surface area contributed by atoms with E-state index in [1.54, 1.807) is 0 Å². The third kappa shape index (κ3) is 1.43. The van der Waals surface area contributed by atoms with Crippen LogP contribution in [0.15, 0.2) is 23.8 Å². The van der Waals surface area contributed by atoms with Gasteiger partial charge in [0.05, 0.1) is 5.60 Å². The number of allylic oxidation sites excluding steroid dienone is 1. The van der Waals surface area contributed by atoms with E-state index in [1.165, 1.54) is 0 Å². The van der Waals surface area contributed by atoms with Gasteiger partial charge in [0, 0.05) is 11.5 Å². The minimum atomic E-state index is -0.768. The van der Waals surface area contributed by atoms with E-state index in [4.69, 9.17) is 4.74 Å². The first-order valence-corrected chi connectivity index (χ1v) is 6.73. The first kappa shape index (κ1) is 12.0. The van der Waals surface area contributed by atoms with Crippen LogP contribution in [0.1, 0.15) is 33.1 Å². The molecule has 3 rings (SSSR count). The fourth-order valence-corrected chi connectivity index (χ4v) is 3.99. The molecule has 0 aromatic heterocycles. The number of ether oxygens (including phenoxy) is 1. The molecule has 5 atom stereocenters. The van der Waals surface area contributed by atoms with Gasteiger partial charge in [-0.05, 0) is 43.6 Å². The maximum absolute atomic E-state index is 11.6. The zero-order valence-corrected chi connectivity index (χ0v) is 11.0. The second-order valence-corrected chi connectivity index (χ2v) is 6.15. The van der Waals surface area contributed by atoms with Crippen LogP contribution in [0, 0.1) is 17.8 Å². The molecule has 0 amide bonds. The normalized spacial score (nSPS) is 47.2. The Morgan fingerprint density at radius 3 is 3.00 bits per heavy atom. The van der Waals surface area contributed by atoms with Crippen molar-refractivity contribution < 1.29 is 14.6 Å². The number of esters is 1. The topological polar surface area (TPSA) is 46.5 Å². The second kappa shape index (κ2) is 3.70. The molecule has 1 heterocycles. The average Bonchev–Trinajstić information content (AvgIpc) is 2.69. The number of hydrogen-bond acceptors (Lipinski definition) is 3. The predicted octanol–water partition coefficient (Wildman–Crippen LogP) is 2.21. The highest BCUT2D eigenvalue weighted by atomic mass is 16.6. The molecule has 0 spiro atoms. The summed E-state index contributed by atoms with van der Waals surface area (Å²) in [5.74, 6) is 0.322. The largest absolute Gasteiger partial charge is 0.458 e. The fourth-order valence-electron chi connectivity index (χ4n) is 3.99. The van der Waals surface area contributed by atoms with Gasteiger partial charge in [-0.15, -0.1) is 0 Å².